The average Bonchev–Trinajstić information content (AvgIpc) is 2.90. The van der Waals surface area contributed by atoms with E-state index >= 15 is 0 Å². The van der Waals surface area contributed by atoms with Crippen molar-refractivity contribution in [3.05, 3.63) is 89.0 Å². The van der Waals surface area contributed by atoms with E-state index in [9.17, 15) is 18.0 Å². The van der Waals surface area contributed by atoms with Gasteiger partial charge in [0.15, 0.2) is 0 Å². The van der Waals surface area contributed by atoms with Crippen molar-refractivity contribution in [2.75, 3.05) is 25.1 Å². The number of aryl methyl sites for hydroxylation is 1. The summed E-state index contributed by atoms with van der Waals surface area (Å²) in [4.78, 5) is 24.2. The Morgan fingerprint density at radius 1 is 0.914 bits per heavy atom. The fraction of sp³-hybridized carbons (Fsp3) is 0.231. The van der Waals surface area contributed by atoms with Crippen molar-refractivity contribution < 1.29 is 32.2 Å². The molecular weight excluding hydrogens is 470 g/mol. The minimum Gasteiger partial charge on any atom is -0.495 e. The van der Waals surface area contributed by atoms with Crippen molar-refractivity contribution >= 4 is 27.6 Å². The molecule has 3 aromatic rings. The molecule has 0 aliphatic carbocycles. The number of benzene rings is 3. The summed E-state index contributed by atoms with van der Waals surface area (Å²) in [6, 6.07) is 18.0. The molecule has 1 aliphatic rings. The zero-order valence-corrected chi connectivity index (χ0v) is 20.2. The molecule has 0 fully saturated rings. The van der Waals surface area contributed by atoms with Crippen LogP contribution in [0.25, 0.3) is 0 Å². The van der Waals surface area contributed by atoms with Gasteiger partial charge in [-0.05, 0) is 60.4 Å². The van der Waals surface area contributed by atoms with E-state index in [2.05, 4.69) is 4.74 Å². The van der Waals surface area contributed by atoms with E-state index in [4.69, 9.17) is 9.47 Å². The van der Waals surface area contributed by atoms with Crippen molar-refractivity contribution in [1.82, 2.24) is 0 Å². The molecule has 1 aliphatic heterocycles. The second-order valence-electron chi connectivity index (χ2n) is 7.94. The Morgan fingerprint density at radius 2 is 1.63 bits per heavy atom. The average molecular weight is 496 g/mol. The number of nitrogens with zero attached hydrogens (tertiary/aromatic N) is 1. The number of carbonyl (C=O) groups excluding carboxylic acids is 2. The number of ether oxygens (including phenoxy) is 3. The lowest BCUT2D eigenvalue weighted by Crippen LogP contribution is -2.35. The summed E-state index contributed by atoms with van der Waals surface area (Å²) in [6.45, 7) is 0.284. The monoisotopic (exact) mass is 495 g/mol. The van der Waals surface area contributed by atoms with Gasteiger partial charge in [0.1, 0.15) is 17.3 Å². The first-order chi connectivity index (χ1) is 16.8. The summed E-state index contributed by atoms with van der Waals surface area (Å²) in [5, 5.41) is 0. The number of fused-ring (bicyclic) bond motifs is 1. The minimum atomic E-state index is -4.00. The molecular formula is C26H25NO7S. The highest BCUT2D eigenvalue weighted by molar-refractivity contribution is 7.93. The summed E-state index contributed by atoms with van der Waals surface area (Å²) in [6.07, 6.45) is 1.49. The van der Waals surface area contributed by atoms with Gasteiger partial charge in [-0.3, -0.25) is 4.31 Å². The second kappa shape index (κ2) is 10.2. The Bertz CT molecular complexity index is 1350. The van der Waals surface area contributed by atoms with Gasteiger partial charge in [0.05, 0.1) is 31.0 Å². The molecule has 0 spiro atoms. The molecule has 9 heteroatoms. The van der Waals surface area contributed by atoms with Crippen LogP contribution in [0.1, 0.15) is 38.3 Å². The lowest BCUT2D eigenvalue weighted by Gasteiger charge is -2.30. The second-order valence-corrected chi connectivity index (χ2v) is 9.77. The molecule has 35 heavy (non-hydrogen) atoms. The number of rotatable bonds is 7. The zero-order chi connectivity index (χ0) is 25.0. The van der Waals surface area contributed by atoms with E-state index in [1.54, 1.807) is 36.4 Å². The van der Waals surface area contributed by atoms with E-state index in [0.29, 0.717) is 29.8 Å². The van der Waals surface area contributed by atoms with Gasteiger partial charge in [-0.1, -0.05) is 30.3 Å². The standard InChI is InChI=1S/C26H25NO7S/c1-32-23-14-13-21(26(29)34-17-18-9-11-20(12-10-18)25(28)33-2)16-24(23)35(30,31)27-15-5-7-19-6-3-4-8-22(19)27/h3-4,6,8-14,16H,5,7,15,17H2,1-2H3. The van der Waals surface area contributed by atoms with Gasteiger partial charge >= 0.3 is 11.9 Å². The van der Waals surface area contributed by atoms with Crippen molar-refractivity contribution in [3.63, 3.8) is 0 Å². The Balaban J connectivity index is 1.57. The largest absolute Gasteiger partial charge is 0.495 e. The quantitative estimate of drug-likeness (QED) is 0.457. The number of sulfonamides is 1. The van der Waals surface area contributed by atoms with E-state index in [1.165, 1.54) is 36.7 Å². The fourth-order valence-corrected chi connectivity index (χ4v) is 5.69. The number of methoxy groups -OCH3 is 2. The van der Waals surface area contributed by atoms with Crippen LogP contribution in [0.3, 0.4) is 0 Å². The summed E-state index contributed by atoms with van der Waals surface area (Å²) >= 11 is 0. The molecule has 0 radical (unpaired) electrons. The highest BCUT2D eigenvalue weighted by atomic mass is 32.2. The number of esters is 2. The highest BCUT2D eigenvalue weighted by Crippen LogP contribution is 2.35. The summed E-state index contributed by atoms with van der Waals surface area (Å²) in [7, 11) is -1.32. The Labute approximate surface area is 204 Å². The predicted octanol–water partition coefficient (Wildman–Crippen LogP) is 3.98. The van der Waals surface area contributed by atoms with Gasteiger partial charge in [0, 0.05) is 6.54 Å². The van der Waals surface area contributed by atoms with Gasteiger partial charge < -0.3 is 14.2 Å². The molecule has 0 aromatic heterocycles. The molecule has 0 amide bonds. The van der Waals surface area contributed by atoms with Crippen LogP contribution in [0.4, 0.5) is 5.69 Å². The maximum atomic E-state index is 13.7. The number of anilines is 1. The first-order valence-electron chi connectivity index (χ1n) is 11.0. The van der Waals surface area contributed by atoms with E-state index < -0.39 is 22.0 Å². The van der Waals surface area contributed by atoms with E-state index in [0.717, 1.165) is 12.0 Å². The maximum Gasteiger partial charge on any atom is 0.338 e. The number of hydrogen-bond acceptors (Lipinski definition) is 7. The molecule has 8 nitrogen and oxygen atoms in total. The smallest absolute Gasteiger partial charge is 0.338 e. The summed E-state index contributed by atoms with van der Waals surface area (Å²) < 4.78 is 44.0. The Kier molecular flexibility index (Phi) is 7.07. The minimum absolute atomic E-state index is 0.0477. The van der Waals surface area contributed by atoms with Crippen molar-refractivity contribution in [2.24, 2.45) is 0 Å². The molecule has 1 heterocycles. The van der Waals surface area contributed by atoms with Gasteiger partial charge in [-0.2, -0.15) is 0 Å². The Morgan fingerprint density at radius 3 is 2.34 bits per heavy atom. The number of carbonyl (C=O) groups is 2. The van der Waals surface area contributed by atoms with Crippen LogP contribution in [-0.4, -0.2) is 41.1 Å². The topological polar surface area (TPSA) is 99.2 Å². The molecule has 0 unspecified atom stereocenters. The summed E-state index contributed by atoms with van der Waals surface area (Å²) in [5.41, 5.74) is 2.71. The first kappa shape index (κ1) is 24.3. The molecule has 0 saturated heterocycles. The van der Waals surface area contributed by atoms with Crippen LogP contribution in [-0.2, 0) is 32.5 Å². The Hall–Kier alpha value is -3.85. The van der Waals surface area contributed by atoms with Crippen molar-refractivity contribution in [3.8, 4) is 5.75 Å². The van der Waals surface area contributed by atoms with E-state index in [-0.39, 0.29) is 22.8 Å². The number of hydrogen-bond donors (Lipinski definition) is 0. The van der Waals surface area contributed by atoms with Gasteiger partial charge in [0.25, 0.3) is 10.0 Å². The van der Waals surface area contributed by atoms with Crippen molar-refractivity contribution in [1.29, 1.82) is 0 Å². The van der Waals surface area contributed by atoms with Crippen molar-refractivity contribution in [2.45, 2.75) is 24.3 Å². The highest BCUT2D eigenvalue weighted by Gasteiger charge is 2.32. The maximum absolute atomic E-state index is 13.7. The zero-order valence-electron chi connectivity index (χ0n) is 19.4. The third kappa shape index (κ3) is 5.00. The van der Waals surface area contributed by atoms with Crippen LogP contribution in [0.15, 0.2) is 71.6 Å². The number of para-hydroxylation sites is 1. The van der Waals surface area contributed by atoms with Crippen LogP contribution in [0, 0.1) is 0 Å². The molecule has 182 valence electrons. The third-order valence-corrected chi connectivity index (χ3v) is 7.61. The van der Waals surface area contributed by atoms with Gasteiger partial charge in [-0.15, -0.1) is 0 Å². The predicted molar refractivity (Wildman–Crippen MR) is 129 cm³/mol. The van der Waals surface area contributed by atoms with E-state index in [1.807, 2.05) is 12.1 Å². The van der Waals surface area contributed by atoms with Crippen LogP contribution >= 0.6 is 0 Å². The van der Waals surface area contributed by atoms with Crippen LogP contribution < -0.4 is 9.04 Å². The van der Waals surface area contributed by atoms with Gasteiger partial charge in [0.2, 0.25) is 0 Å². The lowest BCUT2D eigenvalue weighted by molar-refractivity contribution is 0.0471. The first-order valence-corrected chi connectivity index (χ1v) is 12.4. The summed E-state index contributed by atoms with van der Waals surface area (Å²) in [5.74, 6) is -1.000. The SMILES string of the molecule is COC(=O)c1ccc(COC(=O)c2ccc(OC)c(S(=O)(=O)N3CCCc4ccccc43)c2)cc1. The fourth-order valence-electron chi connectivity index (χ4n) is 3.96. The van der Waals surface area contributed by atoms with Crippen LogP contribution in [0.5, 0.6) is 5.75 Å². The molecule has 3 aromatic carbocycles. The van der Waals surface area contributed by atoms with Gasteiger partial charge in [-0.25, -0.2) is 18.0 Å². The molecule has 0 saturated carbocycles. The van der Waals surface area contributed by atoms with Crippen LogP contribution in [0.2, 0.25) is 0 Å². The molecule has 0 atom stereocenters. The third-order valence-electron chi connectivity index (χ3n) is 5.78. The normalized spacial score (nSPS) is 13.0. The lowest BCUT2D eigenvalue weighted by atomic mass is 10.0. The molecule has 0 bridgehead atoms. The molecule has 4 rings (SSSR count). The molecule has 0 N–H and O–H groups in total.